The fourth-order valence-electron chi connectivity index (χ4n) is 9.61. The second-order valence-electron chi connectivity index (χ2n) is 21.7. The first kappa shape index (κ1) is 68.9. The van der Waals surface area contributed by atoms with Crippen molar-refractivity contribution in [2.75, 3.05) is 13.2 Å². The Morgan fingerprint density at radius 2 is 0.465 bits per heavy atom. The molecule has 0 amide bonds. The monoisotopic (exact) mass is 999 g/mol. The number of hydrogen-bond donors (Lipinski definition) is 0. The van der Waals surface area contributed by atoms with E-state index < -0.39 is 6.10 Å². The molecule has 0 aromatic heterocycles. The van der Waals surface area contributed by atoms with Gasteiger partial charge >= 0.3 is 17.9 Å². The van der Waals surface area contributed by atoms with E-state index in [1.807, 2.05) is 0 Å². The predicted octanol–water partition coefficient (Wildman–Crippen LogP) is 21.4. The SMILES string of the molecule is CCCCCC/C=C\CCCCCCCC(=O)OC[C@@H](COC(=O)CCCCCCCCCCC/C=C\CCCCCCCC)OC(=O)CCCCCCCCCCCCCCCCCCCCCCC. The van der Waals surface area contributed by atoms with E-state index >= 15 is 0 Å². The predicted molar refractivity (Wildman–Crippen MR) is 307 cm³/mol. The van der Waals surface area contributed by atoms with Crippen molar-refractivity contribution in [1.82, 2.24) is 0 Å². The molecule has 0 N–H and O–H groups in total. The van der Waals surface area contributed by atoms with Crippen LogP contribution in [0.2, 0.25) is 0 Å². The second kappa shape index (κ2) is 60.4. The van der Waals surface area contributed by atoms with Crippen molar-refractivity contribution in [2.45, 2.75) is 361 Å². The number of ether oxygens (including phenoxy) is 3. The van der Waals surface area contributed by atoms with E-state index in [9.17, 15) is 14.4 Å². The zero-order valence-corrected chi connectivity index (χ0v) is 48.0. The Balaban J connectivity index is 4.28. The third-order valence-corrected chi connectivity index (χ3v) is 14.4. The zero-order valence-electron chi connectivity index (χ0n) is 48.0. The van der Waals surface area contributed by atoms with Gasteiger partial charge in [0.2, 0.25) is 0 Å². The number of esters is 3. The minimum absolute atomic E-state index is 0.0702. The molecule has 0 radical (unpaired) electrons. The summed E-state index contributed by atoms with van der Waals surface area (Å²) in [7, 11) is 0. The van der Waals surface area contributed by atoms with E-state index in [0.717, 1.165) is 64.2 Å². The molecule has 0 aromatic carbocycles. The molecule has 0 spiro atoms. The van der Waals surface area contributed by atoms with Gasteiger partial charge in [-0.25, -0.2) is 0 Å². The van der Waals surface area contributed by atoms with Gasteiger partial charge in [0.25, 0.3) is 0 Å². The summed E-state index contributed by atoms with van der Waals surface area (Å²) in [6, 6.07) is 0. The zero-order chi connectivity index (χ0) is 51.4. The Morgan fingerprint density at radius 3 is 0.718 bits per heavy atom. The Kier molecular flexibility index (Phi) is 58.6. The summed E-state index contributed by atoms with van der Waals surface area (Å²) in [6.07, 6.45) is 71.8. The van der Waals surface area contributed by atoms with Gasteiger partial charge in [0.1, 0.15) is 13.2 Å². The van der Waals surface area contributed by atoms with Crippen LogP contribution in [0.15, 0.2) is 24.3 Å². The lowest BCUT2D eigenvalue weighted by atomic mass is 10.0. The third-order valence-electron chi connectivity index (χ3n) is 14.4. The molecule has 0 aliphatic heterocycles. The first-order chi connectivity index (χ1) is 35.0. The van der Waals surface area contributed by atoms with E-state index in [4.69, 9.17) is 14.2 Å². The molecule has 0 aliphatic carbocycles. The summed E-state index contributed by atoms with van der Waals surface area (Å²) in [6.45, 7) is 6.68. The minimum Gasteiger partial charge on any atom is -0.462 e. The molecule has 6 heteroatoms. The van der Waals surface area contributed by atoms with Gasteiger partial charge in [-0.05, 0) is 70.6 Å². The van der Waals surface area contributed by atoms with E-state index in [-0.39, 0.29) is 31.1 Å². The summed E-state index contributed by atoms with van der Waals surface area (Å²) >= 11 is 0. The van der Waals surface area contributed by atoms with E-state index in [0.29, 0.717) is 19.3 Å². The van der Waals surface area contributed by atoms with Crippen LogP contribution in [0, 0.1) is 0 Å². The first-order valence-corrected chi connectivity index (χ1v) is 31.8. The quantitative estimate of drug-likeness (QED) is 0.0261. The molecule has 1 atom stereocenters. The summed E-state index contributed by atoms with van der Waals surface area (Å²) in [5.74, 6) is -0.856. The highest BCUT2D eigenvalue weighted by Crippen LogP contribution is 2.18. The normalized spacial score (nSPS) is 12.1. The van der Waals surface area contributed by atoms with Crippen LogP contribution >= 0.6 is 0 Å². The van der Waals surface area contributed by atoms with Crippen LogP contribution in [0.25, 0.3) is 0 Å². The van der Waals surface area contributed by atoms with Gasteiger partial charge in [0.15, 0.2) is 6.10 Å². The average molecular weight is 1000 g/mol. The van der Waals surface area contributed by atoms with Crippen molar-refractivity contribution in [3.8, 4) is 0 Å². The molecular formula is C65H122O6. The molecule has 0 saturated heterocycles. The fourth-order valence-corrected chi connectivity index (χ4v) is 9.61. The maximum atomic E-state index is 12.9. The van der Waals surface area contributed by atoms with Crippen molar-refractivity contribution < 1.29 is 28.6 Å². The Labute approximate surface area is 443 Å². The number of rotatable bonds is 59. The van der Waals surface area contributed by atoms with Crippen LogP contribution in [-0.2, 0) is 28.6 Å². The lowest BCUT2D eigenvalue weighted by Gasteiger charge is -2.18. The largest absolute Gasteiger partial charge is 0.462 e. The molecule has 0 rings (SSSR count). The van der Waals surface area contributed by atoms with Crippen molar-refractivity contribution in [1.29, 1.82) is 0 Å². The molecule has 0 bridgehead atoms. The second-order valence-corrected chi connectivity index (χ2v) is 21.7. The molecule has 0 fully saturated rings. The molecule has 418 valence electrons. The van der Waals surface area contributed by atoms with Crippen molar-refractivity contribution in [3.63, 3.8) is 0 Å². The van der Waals surface area contributed by atoms with Gasteiger partial charge in [-0.3, -0.25) is 14.4 Å². The van der Waals surface area contributed by atoms with Crippen LogP contribution in [-0.4, -0.2) is 37.2 Å². The summed E-state index contributed by atoms with van der Waals surface area (Å²) in [5.41, 5.74) is 0. The van der Waals surface area contributed by atoms with Gasteiger partial charge in [0, 0.05) is 19.3 Å². The van der Waals surface area contributed by atoms with Crippen LogP contribution < -0.4 is 0 Å². The van der Waals surface area contributed by atoms with Crippen LogP contribution in [0.3, 0.4) is 0 Å². The Bertz CT molecular complexity index is 1150. The molecule has 0 heterocycles. The minimum atomic E-state index is -0.772. The Hall–Kier alpha value is -2.11. The van der Waals surface area contributed by atoms with Crippen molar-refractivity contribution in [3.05, 3.63) is 24.3 Å². The van der Waals surface area contributed by atoms with Gasteiger partial charge in [0.05, 0.1) is 0 Å². The molecule has 0 aromatic rings. The maximum Gasteiger partial charge on any atom is 0.306 e. The Morgan fingerprint density at radius 1 is 0.268 bits per heavy atom. The number of allylic oxidation sites excluding steroid dienone is 4. The summed E-state index contributed by atoms with van der Waals surface area (Å²) in [4.78, 5) is 38.3. The highest BCUT2D eigenvalue weighted by Gasteiger charge is 2.19. The van der Waals surface area contributed by atoms with Crippen LogP contribution in [0.4, 0.5) is 0 Å². The average Bonchev–Trinajstić information content (AvgIpc) is 3.37. The lowest BCUT2D eigenvalue weighted by Crippen LogP contribution is -2.30. The molecular weight excluding hydrogens is 877 g/mol. The molecule has 0 aliphatic rings. The molecule has 0 unspecified atom stereocenters. The highest BCUT2D eigenvalue weighted by atomic mass is 16.6. The summed E-state index contributed by atoms with van der Waals surface area (Å²) < 4.78 is 16.9. The summed E-state index contributed by atoms with van der Waals surface area (Å²) in [5, 5.41) is 0. The number of carbonyl (C=O) groups is 3. The van der Waals surface area contributed by atoms with E-state index in [1.165, 1.54) is 250 Å². The van der Waals surface area contributed by atoms with Crippen LogP contribution in [0.5, 0.6) is 0 Å². The number of hydrogen-bond acceptors (Lipinski definition) is 6. The van der Waals surface area contributed by atoms with E-state index in [1.54, 1.807) is 0 Å². The topological polar surface area (TPSA) is 78.9 Å². The molecule has 6 nitrogen and oxygen atoms in total. The lowest BCUT2D eigenvalue weighted by molar-refractivity contribution is -0.167. The molecule has 0 saturated carbocycles. The maximum absolute atomic E-state index is 12.9. The van der Waals surface area contributed by atoms with Gasteiger partial charge in [-0.15, -0.1) is 0 Å². The third kappa shape index (κ3) is 58.7. The van der Waals surface area contributed by atoms with Gasteiger partial charge in [-0.1, -0.05) is 289 Å². The van der Waals surface area contributed by atoms with Crippen molar-refractivity contribution >= 4 is 17.9 Å². The smallest absolute Gasteiger partial charge is 0.306 e. The molecule has 71 heavy (non-hydrogen) atoms. The number of carbonyl (C=O) groups excluding carboxylic acids is 3. The van der Waals surface area contributed by atoms with Gasteiger partial charge in [-0.2, -0.15) is 0 Å². The van der Waals surface area contributed by atoms with E-state index in [2.05, 4.69) is 45.1 Å². The van der Waals surface area contributed by atoms with Crippen LogP contribution in [0.1, 0.15) is 355 Å². The number of unbranched alkanes of at least 4 members (excludes halogenated alkanes) is 44. The van der Waals surface area contributed by atoms with Crippen molar-refractivity contribution in [2.24, 2.45) is 0 Å². The standard InChI is InChI=1S/C65H122O6/c1-4-7-10-13-16-19-22-25-27-29-31-32-34-36-38-41-44-47-50-53-56-59-65(68)71-62(60-69-63(66)57-54-51-48-45-42-39-24-21-18-15-12-9-6-3)61-70-64(67)58-55-52-49-46-43-40-37-35-33-30-28-26-23-20-17-14-11-8-5-2/h21,24,26,28,62H,4-20,22-23,25,27,29-61H2,1-3H3/b24-21-,28-26-/t62-/m0/s1. The highest BCUT2D eigenvalue weighted by molar-refractivity contribution is 5.71. The first-order valence-electron chi connectivity index (χ1n) is 31.8. The fraction of sp³-hybridized carbons (Fsp3) is 0.892. The van der Waals surface area contributed by atoms with Gasteiger partial charge < -0.3 is 14.2 Å².